The van der Waals surface area contributed by atoms with E-state index in [2.05, 4.69) is 10.6 Å². The first kappa shape index (κ1) is 15.6. The fraction of sp³-hybridized carbons (Fsp3) is 0.786. The molecular weight excluding hydrogens is 274 g/mol. The van der Waals surface area contributed by atoms with Gasteiger partial charge in [0.2, 0.25) is 5.91 Å². The lowest BCUT2D eigenvalue weighted by molar-refractivity contribution is -0.141. The number of urea groups is 1. The van der Waals surface area contributed by atoms with Crippen molar-refractivity contribution in [1.29, 1.82) is 0 Å². The van der Waals surface area contributed by atoms with Crippen LogP contribution in [0.2, 0.25) is 0 Å². The predicted octanol–water partition coefficient (Wildman–Crippen LogP) is 0.550. The van der Waals surface area contributed by atoms with E-state index >= 15 is 0 Å². The number of hydrogen-bond donors (Lipinski definition) is 3. The SMILES string of the molecule is CNC(=O)CCNC(=O)N1C(C(=O)O)CC2CCCCC21. The maximum Gasteiger partial charge on any atom is 0.326 e. The molecule has 1 aliphatic carbocycles. The minimum Gasteiger partial charge on any atom is -0.480 e. The van der Waals surface area contributed by atoms with Crippen LogP contribution in [0.15, 0.2) is 0 Å². The van der Waals surface area contributed by atoms with Crippen LogP contribution in [-0.2, 0) is 9.59 Å². The molecule has 1 aliphatic heterocycles. The van der Waals surface area contributed by atoms with E-state index < -0.39 is 12.0 Å². The van der Waals surface area contributed by atoms with Gasteiger partial charge in [-0.3, -0.25) is 4.79 Å². The summed E-state index contributed by atoms with van der Waals surface area (Å²) >= 11 is 0. The molecule has 21 heavy (non-hydrogen) atoms. The molecule has 0 spiro atoms. The molecule has 0 aromatic heterocycles. The molecule has 2 aliphatic rings. The van der Waals surface area contributed by atoms with Crippen LogP contribution in [0.25, 0.3) is 0 Å². The Kier molecular flexibility index (Phi) is 5.03. The molecule has 1 saturated heterocycles. The van der Waals surface area contributed by atoms with Gasteiger partial charge in [-0.2, -0.15) is 0 Å². The number of hydrogen-bond acceptors (Lipinski definition) is 3. The van der Waals surface area contributed by atoms with Gasteiger partial charge in [-0.1, -0.05) is 12.8 Å². The van der Waals surface area contributed by atoms with Gasteiger partial charge in [0.1, 0.15) is 6.04 Å². The maximum atomic E-state index is 12.3. The van der Waals surface area contributed by atoms with Gasteiger partial charge in [0.25, 0.3) is 0 Å². The van der Waals surface area contributed by atoms with Crippen molar-refractivity contribution < 1.29 is 19.5 Å². The first-order chi connectivity index (χ1) is 10.0. The number of carboxylic acids is 1. The van der Waals surface area contributed by atoms with Gasteiger partial charge >= 0.3 is 12.0 Å². The number of rotatable bonds is 4. The fourth-order valence-electron chi connectivity index (χ4n) is 3.47. The number of carbonyl (C=O) groups is 3. The Balaban J connectivity index is 1.98. The van der Waals surface area contributed by atoms with Gasteiger partial charge < -0.3 is 20.6 Å². The van der Waals surface area contributed by atoms with E-state index in [9.17, 15) is 19.5 Å². The van der Waals surface area contributed by atoms with Crippen molar-refractivity contribution in [3.8, 4) is 0 Å². The topological polar surface area (TPSA) is 98.7 Å². The van der Waals surface area contributed by atoms with E-state index in [1.165, 1.54) is 11.9 Å². The average molecular weight is 297 g/mol. The minimum atomic E-state index is -0.939. The Hall–Kier alpha value is -1.79. The highest BCUT2D eigenvalue weighted by Gasteiger charge is 2.47. The molecule has 0 aromatic rings. The van der Waals surface area contributed by atoms with Crippen molar-refractivity contribution >= 4 is 17.9 Å². The summed E-state index contributed by atoms with van der Waals surface area (Å²) in [6.07, 6.45) is 4.76. The van der Waals surface area contributed by atoms with Gasteiger partial charge in [-0.25, -0.2) is 9.59 Å². The average Bonchev–Trinajstić information content (AvgIpc) is 2.86. The van der Waals surface area contributed by atoms with Crippen LogP contribution in [0.4, 0.5) is 4.79 Å². The summed E-state index contributed by atoms with van der Waals surface area (Å²) in [6.45, 7) is 0.221. The molecule has 0 bridgehead atoms. The lowest BCUT2D eigenvalue weighted by atomic mass is 9.85. The summed E-state index contributed by atoms with van der Waals surface area (Å²) in [5.41, 5.74) is 0. The van der Waals surface area contributed by atoms with Crippen LogP contribution in [0.3, 0.4) is 0 Å². The molecule has 2 rings (SSSR count). The lowest BCUT2D eigenvalue weighted by Crippen LogP contribution is -2.51. The molecular formula is C14H23N3O4. The maximum absolute atomic E-state index is 12.3. The van der Waals surface area contributed by atoms with E-state index in [4.69, 9.17) is 0 Å². The Morgan fingerprint density at radius 3 is 2.62 bits per heavy atom. The van der Waals surface area contributed by atoms with Crippen LogP contribution >= 0.6 is 0 Å². The Morgan fingerprint density at radius 2 is 1.95 bits per heavy atom. The third-order valence-electron chi connectivity index (χ3n) is 4.51. The normalized spacial score (nSPS) is 27.9. The van der Waals surface area contributed by atoms with Crippen molar-refractivity contribution in [3.05, 3.63) is 0 Å². The van der Waals surface area contributed by atoms with Crippen LogP contribution in [0.1, 0.15) is 38.5 Å². The number of carbonyl (C=O) groups excluding carboxylic acids is 2. The number of nitrogens with one attached hydrogen (secondary N) is 2. The zero-order chi connectivity index (χ0) is 15.4. The van der Waals surface area contributed by atoms with E-state index in [-0.39, 0.29) is 30.9 Å². The van der Waals surface area contributed by atoms with Gasteiger partial charge in [0, 0.05) is 26.1 Å². The molecule has 1 saturated carbocycles. The van der Waals surface area contributed by atoms with E-state index in [0.717, 1.165) is 25.7 Å². The highest BCUT2D eigenvalue weighted by molar-refractivity contribution is 5.84. The second-order valence-electron chi connectivity index (χ2n) is 5.76. The van der Waals surface area contributed by atoms with Crippen LogP contribution < -0.4 is 10.6 Å². The number of nitrogens with zero attached hydrogens (tertiary/aromatic N) is 1. The molecule has 1 heterocycles. The first-order valence-corrected chi connectivity index (χ1v) is 7.54. The standard InChI is InChI=1S/C14H23N3O4/c1-15-12(18)6-7-16-14(21)17-10-5-3-2-4-9(10)8-11(17)13(19)20/h9-11H,2-8H2,1H3,(H,15,18)(H,16,21)(H,19,20). The highest BCUT2D eigenvalue weighted by atomic mass is 16.4. The summed E-state index contributed by atoms with van der Waals surface area (Å²) in [7, 11) is 1.54. The molecule has 0 radical (unpaired) electrons. The van der Waals surface area contributed by atoms with Gasteiger partial charge in [0.15, 0.2) is 0 Å². The van der Waals surface area contributed by atoms with Gasteiger partial charge in [-0.05, 0) is 25.2 Å². The minimum absolute atomic E-state index is 0.0276. The Labute approximate surface area is 124 Å². The molecule has 3 N–H and O–H groups in total. The molecule has 3 atom stereocenters. The number of fused-ring (bicyclic) bond motifs is 1. The first-order valence-electron chi connectivity index (χ1n) is 7.54. The highest BCUT2D eigenvalue weighted by Crippen LogP contribution is 2.39. The monoisotopic (exact) mass is 297 g/mol. The smallest absolute Gasteiger partial charge is 0.326 e. The summed E-state index contributed by atoms with van der Waals surface area (Å²) in [5, 5.41) is 14.5. The van der Waals surface area contributed by atoms with Crippen LogP contribution in [-0.4, -0.2) is 53.6 Å². The Morgan fingerprint density at radius 1 is 1.24 bits per heavy atom. The molecule has 0 aromatic carbocycles. The second kappa shape index (κ2) is 6.78. The molecule has 3 amide bonds. The Bertz CT molecular complexity index is 426. The van der Waals surface area contributed by atoms with Gasteiger partial charge in [-0.15, -0.1) is 0 Å². The second-order valence-corrected chi connectivity index (χ2v) is 5.76. The predicted molar refractivity (Wildman–Crippen MR) is 75.7 cm³/mol. The number of aliphatic carboxylic acids is 1. The van der Waals surface area contributed by atoms with Crippen molar-refractivity contribution in [2.24, 2.45) is 5.92 Å². The molecule has 7 nitrogen and oxygen atoms in total. The van der Waals surface area contributed by atoms with Crippen LogP contribution in [0, 0.1) is 5.92 Å². The van der Waals surface area contributed by atoms with Gasteiger partial charge in [0.05, 0.1) is 0 Å². The largest absolute Gasteiger partial charge is 0.480 e. The zero-order valence-electron chi connectivity index (χ0n) is 12.3. The lowest BCUT2D eigenvalue weighted by Gasteiger charge is -2.32. The fourth-order valence-corrected chi connectivity index (χ4v) is 3.47. The summed E-state index contributed by atoms with van der Waals surface area (Å²) in [5.74, 6) is -0.794. The molecule has 7 heteroatoms. The summed E-state index contributed by atoms with van der Waals surface area (Å²) in [4.78, 5) is 36.3. The third kappa shape index (κ3) is 3.46. The van der Waals surface area contributed by atoms with Crippen molar-refractivity contribution in [1.82, 2.24) is 15.5 Å². The van der Waals surface area contributed by atoms with E-state index in [1.807, 2.05) is 0 Å². The quantitative estimate of drug-likeness (QED) is 0.705. The van der Waals surface area contributed by atoms with E-state index in [1.54, 1.807) is 0 Å². The number of carboxylic acid groups (broad SMARTS) is 1. The molecule has 3 unspecified atom stereocenters. The third-order valence-corrected chi connectivity index (χ3v) is 4.51. The summed E-state index contributed by atoms with van der Waals surface area (Å²) in [6, 6.07) is -1.07. The van der Waals surface area contributed by atoms with Crippen molar-refractivity contribution in [2.75, 3.05) is 13.6 Å². The summed E-state index contributed by atoms with van der Waals surface area (Å²) < 4.78 is 0. The van der Waals surface area contributed by atoms with Crippen molar-refractivity contribution in [2.45, 2.75) is 50.6 Å². The van der Waals surface area contributed by atoms with Crippen LogP contribution in [0.5, 0.6) is 0 Å². The molecule has 118 valence electrons. The van der Waals surface area contributed by atoms with Crippen molar-refractivity contribution in [3.63, 3.8) is 0 Å². The van der Waals surface area contributed by atoms with E-state index in [0.29, 0.717) is 12.3 Å². The molecule has 2 fully saturated rings. The zero-order valence-corrected chi connectivity index (χ0v) is 12.3. The number of likely N-dealkylation sites (tertiary alicyclic amines) is 1. The number of amides is 3.